The molecule has 0 saturated heterocycles. The number of hydrogen-bond acceptors (Lipinski definition) is 4. The van der Waals surface area contributed by atoms with E-state index in [1.165, 1.54) is 18.7 Å². The molecule has 0 amide bonds. The van der Waals surface area contributed by atoms with Crippen LogP contribution in [0.25, 0.3) is 0 Å². The van der Waals surface area contributed by atoms with Crippen molar-refractivity contribution in [3.63, 3.8) is 0 Å². The molecule has 5 heteroatoms. The predicted molar refractivity (Wildman–Crippen MR) is 70.1 cm³/mol. The fourth-order valence-electron chi connectivity index (χ4n) is 1.48. The molecule has 0 radical (unpaired) electrons. The van der Waals surface area contributed by atoms with Gasteiger partial charge in [-0.15, -0.1) is 0 Å². The van der Waals surface area contributed by atoms with E-state index in [-0.39, 0.29) is 0 Å². The van der Waals surface area contributed by atoms with E-state index >= 15 is 0 Å². The Balaban J connectivity index is 2.27. The normalized spacial score (nSPS) is 11.3. The Morgan fingerprint density at radius 2 is 1.89 bits per heavy atom. The summed E-state index contributed by atoms with van der Waals surface area (Å²) in [5, 5.41) is 11.1. The highest BCUT2D eigenvalue weighted by molar-refractivity contribution is 5.96. The van der Waals surface area contributed by atoms with Gasteiger partial charge in [0.1, 0.15) is 17.9 Å². The average molecular weight is 242 g/mol. The van der Waals surface area contributed by atoms with Crippen LogP contribution in [0.3, 0.4) is 0 Å². The second kappa shape index (κ2) is 5.88. The summed E-state index contributed by atoms with van der Waals surface area (Å²) in [4.78, 5) is 12.1. The molecule has 0 spiro atoms. The van der Waals surface area contributed by atoms with Crippen LogP contribution in [0.15, 0.2) is 54.0 Å². The summed E-state index contributed by atoms with van der Waals surface area (Å²) < 4.78 is 0. The predicted octanol–water partition coefficient (Wildman–Crippen LogP) is 2.81. The summed E-state index contributed by atoms with van der Waals surface area (Å²) in [5.41, 5.74) is 1.29. The highest BCUT2D eigenvalue weighted by Crippen LogP contribution is 2.15. The number of hydroxylamine groups is 1. The number of aromatic nitrogens is 2. The summed E-state index contributed by atoms with van der Waals surface area (Å²) in [6.45, 7) is 1.93. The first-order valence-electron chi connectivity index (χ1n) is 5.68. The van der Waals surface area contributed by atoms with Gasteiger partial charge >= 0.3 is 0 Å². The molecule has 0 unspecified atom stereocenters. The van der Waals surface area contributed by atoms with Crippen LogP contribution in [0.4, 0.5) is 11.4 Å². The van der Waals surface area contributed by atoms with Gasteiger partial charge in [-0.25, -0.2) is 20.0 Å². The molecule has 1 aromatic carbocycles. The molecular weight excluding hydrogens is 228 g/mol. The smallest absolute Gasteiger partial charge is 0.135 e. The SMILES string of the molecule is CCC(=Nc1ccccc1)N(O)c1cncnc1. The number of nitrogens with zero attached hydrogens (tertiary/aromatic N) is 4. The molecule has 1 N–H and O–H groups in total. The molecule has 0 fully saturated rings. The van der Waals surface area contributed by atoms with Gasteiger partial charge in [-0.05, 0) is 12.1 Å². The molecule has 0 atom stereocenters. The van der Waals surface area contributed by atoms with Crippen molar-refractivity contribution in [3.8, 4) is 0 Å². The molecule has 0 bridgehead atoms. The number of anilines is 1. The minimum absolute atomic E-state index is 0.494. The molecule has 1 heterocycles. The number of hydrogen-bond donors (Lipinski definition) is 1. The summed E-state index contributed by atoms with van der Waals surface area (Å²) in [5.74, 6) is 0.538. The highest BCUT2D eigenvalue weighted by atomic mass is 16.5. The lowest BCUT2D eigenvalue weighted by molar-refractivity contribution is 0.309. The largest absolute Gasteiger partial charge is 0.282 e. The van der Waals surface area contributed by atoms with Crippen LogP contribution in [0.2, 0.25) is 0 Å². The average Bonchev–Trinajstić information content (AvgIpc) is 2.46. The highest BCUT2D eigenvalue weighted by Gasteiger charge is 2.09. The summed E-state index contributed by atoms with van der Waals surface area (Å²) in [6, 6.07) is 9.49. The van der Waals surface area contributed by atoms with Gasteiger partial charge in [0.25, 0.3) is 0 Å². The topological polar surface area (TPSA) is 61.6 Å². The summed E-state index contributed by atoms with van der Waals surface area (Å²) in [6.07, 6.45) is 5.07. The third-order valence-corrected chi connectivity index (χ3v) is 2.37. The fraction of sp³-hybridized carbons (Fsp3) is 0.154. The van der Waals surface area contributed by atoms with Gasteiger partial charge in [-0.2, -0.15) is 0 Å². The minimum atomic E-state index is 0.494. The van der Waals surface area contributed by atoms with Gasteiger partial charge in [-0.3, -0.25) is 5.21 Å². The summed E-state index contributed by atoms with van der Waals surface area (Å²) in [7, 11) is 0. The maximum Gasteiger partial charge on any atom is 0.135 e. The lowest BCUT2D eigenvalue weighted by Crippen LogP contribution is -2.26. The Morgan fingerprint density at radius 1 is 1.22 bits per heavy atom. The van der Waals surface area contributed by atoms with Crippen LogP contribution >= 0.6 is 0 Å². The van der Waals surface area contributed by atoms with E-state index < -0.39 is 0 Å². The zero-order valence-corrected chi connectivity index (χ0v) is 10.1. The third-order valence-electron chi connectivity index (χ3n) is 2.37. The lowest BCUT2D eigenvalue weighted by Gasteiger charge is -2.17. The molecule has 0 aliphatic heterocycles. The van der Waals surface area contributed by atoms with E-state index in [4.69, 9.17) is 0 Å². The van der Waals surface area contributed by atoms with Gasteiger partial charge in [0.05, 0.1) is 18.1 Å². The van der Waals surface area contributed by atoms with Crippen LogP contribution < -0.4 is 5.06 Å². The van der Waals surface area contributed by atoms with Gasteiger partial charge in [0, 0.05) is 6.42 Å². The first-order valence-corrected chi connectivity index (χ1v) is 5.68. The maximum atomic E-state index is 10.1. The van der Waals surface area contributed by atoms with Crippen LogP contribution in [0.1, 0.15) is 13.3 Å². The number of para-hydroxylation sites is 1. The molecule has 1 aromatic heterocycles. The summed E-state index contributed by atoms with van der Waals surface area (Å²) >= 11 is 0. The standard InChI is InChI=1S/C13H14N4O/c1-2-13(16-11-6-4-3-5-7-11)17(18)12-8-14-10-15-9-12/h3-10,18H,2H2,1H3. The van der Waals surface area contributed by atoms with Crippen molar-refractivity contribution in [2.24, 2.45) is 4.99 Å². The first-order chi connectivity index (χ1) is 8.81. The van der Waals surface area contributed by atoms with E-state index in [1.807, 2.05) is 37.3 Å². The van der Waals surface area contributed by atoms with E-state index in [9.17, 15) is 5.21 Å². The number of amidine groups is 1. The van der Waals surface area contributed by atoms with E-state index in [0.29, 0.717) is 17.9 Å². The zero-order valence-electron chi connectivity index (χ0n) is 10.1. The van der Waals surface area contributed by atoms with Crippen molar-refractivity contribution < 1.29 is 5.21 Å². The minimum Gasteiger partial charge on any atom is -0.282 e. The third kappa shape index (κ3) is 2.89. The van der Waals surface area contributed by atoms with Crippen molar-refractivity contribution in [2.75, 3.05) is 5.06 Å². The van der Waals surface area contributed by atoms with Crippen molar-refractivity contribution in [1.29, 1.82) is 0 Å². The van der Waals surface area contributed by atoms with E-state index in [0.717, 1.165) is 10.8 Å². The van der Waals surface area contributed by atoms with Crippen molar-refractivity contribution in [2.45, 2.75) is 13.3 Å². The Labute approximate surface area is 105 Å². The van der Waals surface area contributed by atoms with E-state index in [2.05, 4.69) is 15.0 Å². The molecule has 18 heavy (non-hydrogen) atoms. The van der Waals surface area contributed by atoms with Crippen molar-refractivity contribution >= 4 is 17.2 Å². The molecule has 5 nitrogen and oxygen atoms in total. The van der Waals surface area contributed by atoms with Gasteiger partial charge in [-0.1, -0.05) is 25.1 Å². The van der Waals surface area contributed by atoms with Crippen molar-refractivity contribution in [3.05, 3.63) is 49.1 Å². The van der Waals surface area contributed by atoms with Crippen LogP contribution in [0, 0.1) is 0 Å². The molecule has 0 aliphatic carbocycles. The monoisotopic (exact) mass is 242 g/mol. The Morgan fingerprint density at radius 3 is 2.50 bits per heavy atom. The van der Waals surface area contributed by atoms with Crippen LogP contribution in [-0.4, -0.2) is 21.0 Å². The fourth-order valence-corrected chi connectivity index (χ4v) is 1.48. The molecule has 2 aromatic rings. The quantitative estimate of drug-likeness (QED) is 0.510. The second-order valence-electron chi connectivity index (χ2n) is 3.63. The van der Waals surface area contributed by atoms with Gasteiger partial charge < -0.3 is 0 Å². The molecule has 92 valence electrons. The van der Waals surface area contributed by atoms with Gasteiger partial charge in [0.2, 0.25) is 0 Å². The van der Waals surface area contributed by atoms with Crippen LogP contribution in [0.5, 0.6) is 0 Å². The first kappa shape index (κ1) is 12.2. The molecule has 0 aliphatic rings. The molecular formula is C13H14N4O. The maximum absolute atomic E-state index is 10.1. The van der Waals surface area contributed by atoms with Crippen molar-refractivity contribution in [1.82, 2.24) is 9.97 Å². The number of benzene rings is 1. The van der Waals surface area contributed by atoms with E-state index in [1.54, 1.807) is 0 Å². The molecule has 2 rings (SSSR count). The number of aliphatic imine (C=N–C) groups is 1. The Hall–Kier alpha value is -2.27. The zero-order chi connectivity index (χ0) is 12.8. The second-order valence-corrected chi connectivity index (χ2v) is 3.63. The van der Waals surface area contributed by atoms with Crippen LogP contribution in [-0.2, 0) is 0 Å². The lowest BCUT2D eigenvalue weighted by atomic mass is 10.3. The number of rotatable bonds is 3. The molecule has 0 saturated carbocycles. The van der Waals surface area contributed by atoms with Gasteiger partial charge in [0.15, 0.2) is 0 Å². The Kier molecular flexibility index (Phi) is 3.98. The Bertz CT molecular complexity index is 513.